The molecule has 0 aromatic heterocycles. The van der Waals surface area contributed by atoms with Crippen molar-refractivity contribution < 1.29 is 13.2 Å². The third-order valence-corrected chi connectivity index (χ3v) is 5.48. The quantitative estimate of drug-likeness (QED) is 0.851. The molecule has 0 aliphatic carbocycles. The second-order valence-corrected chi connectivity index (χ2v) is 7.36. The van der Waals surface area contributed by atoms with Crippen molar-refractivity contribution in [1.82, 2.24) is 0 Å². The maximum atomic E-state index is 11.8. The van der Waals surface area contributed by atoms with E-state index in [1.165, 1.54) is 11.8 Å². The lowest BCUT2D eigenvalue weighted by Crippen LogP contribution is -2.07. The number of Topliss-reactive ketones (excluding diaryl/α,β-unsaturated/α-hetero) is 1. The molecule has 1 aromatic rings. The van der Waals surface area contributed by atoms with Crippen LogP contribution in [0.5, 0.6) is 0 Å². The average molecular weight is 282 g/mol. The van der Waals surface area contributed by atoms with Crippen molar-refractivity contribution in [2.45, 2.75) is 18.2 Å². The van der Waals surface area contributed by atoms with Crippen LogP contribution < -0.4 is 0 Å². The third kappa shape index (κ3) is 3.03. The summed E-state index contributed by atoms with van der Waals surface area (Å²) >= 11 is 1.38. The van der Waals surface area contributed by atoms with Gasteiger partial charge in [0.2, 0.25) is 0 Å². The smallest absolute Gasteiger partial charge is 0.160 e. The van der Waals surface area contributed by atoms with Crippen LogP contribution in [0.15, 0.2) is 45.7 Å². The van der Waals surface area contributed by atoms with Crippen LogP contribution in [0.4, 0.5) is 0 Å². The number of benzene rings is 1. The lowest BCUT2D eigenvalue weighted by molar-refractivity contribution is -0.115. The van der Waals surface area contributed by atoms with Crippen molar-refractivity contribution in [2.75, 3.05) is 11.5 Å². The van der Waals surface area contributed by atoms with Gasteiger partial charge in [-0.15, -0.1) is 0 Å². The Morgan fingerprint density at radius 3 is 2.50 bits per heavy atom. The number of ketones is 1. The fourth-order valence-electron chi connectivity index (χ4n) is 1.81. The largest absolute Gasteiger partial charge is 0.294 e. The molecule has 0 spiro atoms. The molecule has 5 heteroatoms. The minimum Gasteiger partial charge on any atom is -0.294 e. The Bertz CT molecular complexity index is 586. The first-order valence-corrected chi connectivity index (χ1v) is 8.34. The summed E-state index contributed by atoms with van der Waals surface area (Å²) in [5, 5.41) is 0. The average Bonchev–Trinajstić information content (AvgIpc) is 2.65. The van der Waals surface area contributed by atoms with Gasteiger partial charge in [0, 0.05) is 21.8 Å². The Morgan fingerprint density at radius 2 is 1.89 bits per heavy atom. The predicted octanol–water partition coefficient (Wildman–Crippen LogP) is 2.44. The molecule has 2 rings (SSSR count). The Labute approximate surface area is 111 Å². The van der Waals surface area contributed by atoms with Gasteiger partial charge in [0.1, 0.15) is 0 Å². The van der Waals surface area contributed by atoms with Crippen molar-refractivity contribution in [2.24, 2.45) is 0 Å². The molecule has 0 radical (unpaired) electrons. The van der Waals surface area contributed by atoms with Crippen molar-refractivity contribution in [3.8, 4) is 0 Å². The van der Waals surface area contributed by atoms with Crippen LogP contribution in [0, 0.1) is 0 Å². The molecule has 1 heterocycles. The molecule has 0 fully saturated rings. The molecule has 1 aliphatic heterocycles. The molecule has 3 nitrogen and oxygen atoms in total. The van der Waals surface area contributed by atoms with Gasteiger partial charge in [-0.3, -0.25) is 4.79 Å². The van der Waals surface area contributed by atoms with Crippen LogP contribution in [0.1, 0.15) is 13.3 Å². The highest BCUT2D eigenvalue weighted by Gasteiger charge is 2.31. The molecular formula is C13H14O3S2. The fourth-order valence-corrected chi connectivity index (χ4v) is 5.01. The summed E-state index contributed by atoms with van der Waals surface area (Å²) in [5.41, 5.74) is 0.478. The Kier molecular flexibility index (Phi) is 3.92. The maximum absolute atomic E-state index is 11.8. The van der Waals surface area contributed by atoms with Gasteiger partial charge in [-0.25, -0.2) is 8.42 Å². The zero-order valence-corrected chi connectivity index (χ0v) is 11.7. The van der Waals surface area contributed by atoms with Crippen LogP contribution in [0.2, 0.25) is 0 Å². The number of thioether (sulfide) groups is 1. The van der Waals surface area contributed by atoms with Crippen molar-refractivity contribution in [3.63, 3.8) is 0 Å². The highest BCUT2D eigenvalue weighted by Crippen LogP contribution is 2.35. The number of carbonyl (C=O) groups is 1. The van der Waals surface area contributed by atoms with E-state index in [1.807, 2.05) is 30.3 Å². The zero-order valence-electron chi connectivity index (χ0n) is 10.0. The molecule has 0 bridgehead atoms. The molecular weight excluding hydrogens is 268 g/mol. The second kappa shape index (κ2) is 5.28. The number of hydrogen-bond acceptors (Lipinski definition) is 4. The van der Waals surface area contributed by atoms with E-state index in [-0.39, 0.29) is 17.3 Å². The van der Waals surface area contributed by atoms with Gasteiger partial charge in [-0.2, -0.15) is 0 Å². The summed E-state index contributed by atoms with van der Waals surface area (Å²) in [6.45, 7) is 1.76. The van der Waals surface area contributed by atoms with Crippen LogP contribution in [-0.4, -0.2) is 25.7 Å². The van der Waals surface area contributed by atoms with Crippen LogP contribution >= 0.6 is 11.8 Å². The van der Waals surface area contributed by atoms with Gasteiger partial charge in [0.25, 0.3) is 0 Å². The number of hydrogen-bond donors (Lipinski definition) is 0. The van der Waals surface area contributed by atoms with Crippen molar-refractivity contribution >= 4 is 27.4 Å². The van der Waals surface area contributed by atoms with E-state index in [1.54, 1.807) is 6.92 Å². The molecule has 18 heavy (non-hydrogen) atoms. The standard InChI is InChI=1S/C13H14O3S2/c1-2-12(14)11-8-18(15,16)9-13(11)17-10-6-4-3-5-7-10/h3-7H,2,8-9H2,1H3. The van der Waals surface area contributed by atoms with E-state index in [2.05, 4.69) is 0 Å². The summed E-state index contributed by atoms with van der Waals surface area (Å²) in [6.07, 6.45) is 0.351. The fraction of sp³-hybridized carbons (Fsp3) is 0.308. The van der Waals surface area contributed by atoms with Crippen LogP contribution in [-0.2, 0) is 14.6 Å². The van der Waals surface area contributed by atoms with E-state index < -0.39 is 9.84 Å². The van der Waals surface area contributed by atoms with E-state index in [0.29, 0.717) is 16.9 Å². The zero-order chi connectivity index (χ0) is 13.2. The highest BCUT2D eigenvalue weighted by atomic mass is 32.2. The van der Waals surface area contributed by atoms with Gasteiger partial charge in [-0.05, 0) is 12.1 Å². The van der Waals surface area contributed by atoms with Gasteiger partial charge in [0.15, 0.2) is 15.6 Å². The minimum atomic E-state index is -3.14. The van der Waals surface area contributed by atoms with E-state index in [4.69, 9.17) is 0 Å². The highest BCUT2D eigenvalue weighted by molar-refractivity contribution is 8.05. The van der Waals surface area contributed by atoms with Gasteiger partial charge in [-0.1, -0.05) is 36.9 Å². The molecule has 0 atom stereocenters. The van der Waals surface area contributed by atoms with Crippen molar-refractivity contribution in [1.29, 1.82) is 0 Å². The van der Waals surface area contributed by atoms with Crippen LogP contribution in [0.3, 0.4) is 0 Å². The van der Waals surface area contributed by atoms with Gasteiger partial charge < -0.3 is 0 Å². The molecule has 96 valence electrons. The summed E-state index contributed by atoms with van der Waals surface area (Å²) in [5.74, 6) is -0.169. The summed E-state index contributed by atoms with van der Waals surface area (Å²) in [6, 6.07) is 9.52. The van der Waals surface area contributed by atoms with Gasteiger partial charge >= 0.3 is 0 Å². The first-order valence-electron chi connectivity index (χ1n) is 5.70. The lowest BCUT2D eigenvalue weighted by Gasteiger charge is -2.03. The first kappa shape index (κ1) is 13.4. The molecule has 0 amide bonds. The number of carbonyl (C=O) groups excluding carboxylic acids is 1. The Morgan fingerprint density at radius 1 is 1.22 bits per heavy atom. The molecule has 0 unspecified atom stereocenters. The molecule has 0 saturated heterocycles. The SMILES string of the molecule is CCC(=O)C1=C(Sc2ccccc2)CS(=O)(=O)C1. The maximum Gasteiger partial charge on any atom is 0.160 e. The Balaban J connectivity index is 2.30. The topological polar surface area (TPSA) is 51.2 Å². The van der Waals surface area contributed by atoms with Crippen LogP contribution in [0.25, 0.3) is 0 Å². The van der Waals surface area contributed by atoms with E-state index >= 15 is 0 Å². The summed E-state index contributed by atoms with van der Waals surface area (Å²) < 4.78 is 23.3. The van der Waals surface area contributed by atoms with Gasteiger partial charge in [0.05, 0.1) is 11.5 Å². The Hall–Kier alpha value is -1.07. The van der Waals surface area contributed by atoms with E-state index in [9.17, 15) is 13.2 Å². The monoisotopic (exact) mass is 282 g/mol. The third-order valence-electron chi connectivity index (χ3n) is 2.69. The molecule has 1 aromatic carbocycles. The van der Waals surface area contributed by atoms with Crippen molar-refractivity contribution in [3.05, 3.63) is 40.8 Å². The molecule has 0 N–H and O–H groups in total. The lowest BCUT2D eigenvalue weighted by atomic mass is 10.1. The number of rotatable bonds is 4. The minimum absolute atomic E-state index is 0.00632. The molecule has 0 saturated carbocycles. The number of sulfone groups is 1. The van der Waals surface area contributed by atoms with E-state index in [0.717, 1.165) is 4.90 Å². The summed E-state index contributed by atoms with van der Waals surface area (Å²) in [4.78, 5) is 13.4. The predicted molar refractivity (Wildman–Crippen MR) is 73.3 cm³/mol. The molecule has 1 aliphatic rings. The normalized spacial score (nSPS) is 18.1. The first-order chi connectivity index (χ1) is 8.52. The summed E-state index contributed by atoms with van der Waals surface area (Å²) in [7, 11) is -3.14. The second-order valence-electron chi connectivity index (χ2n) is 4.13.